The van der Waals surface area contributed by atoms with Crippen LogP contribution in [0.1, 0.15) is 11.1 Å². The number of aryl methyl sites for hydroxylation is 1. The zero-order valence-corrected chi connectivity index (χ0v) is 11.4. The number of carbonyl (C=O) groups is 1. The van der Waals surface area contributed by atoms with Crippen molar-refractivity contribution in [3.63, 3.8) is 0 Å². The Hall–Kier alpha value is -2.95. The van der Waals surface area contributed by atoms with E-state index >= 15 is 0 Å². The maximum Gasteiger partial charge on any atom is 0.271 e. The number of nitro groups is 1. The summed E-state index contributed by atoms with van der Waals surface area (Å²) in [7, 11) is 0. The van der Waals surface area contributed by atoms with Crippen LogP contribution in [0.25, 0.3) is 6.08 Å². The molecule has 0 aliphatic heterocycles. The van der Waals surface area contributed by atoms with E-state index in [1.54, 1.807) is 12.1 Å². The summed E-state index contributed by atoms with van der Waals surface area (Å²) in [6.45, 7) is 1.99. The summed E-state index contributed by atoms with van der Waals surface area (Å²) in [5.74, 6) is -0.337. The SMILES string of the molecule is Cc1ccc(/C=C/C(=O)Nc2cccc([N+](=O)[O-])c2)cc1. The molecule has 0 aliphatic rings. The Labute approximate surface area is 122 Å². The second kappa shape index (κ2) is 6.47. The van der Waals surface area contributed by atoms with Crippen molar-refractivity contribution < 1.29 is 9.72 Å². The largest absolute Gasteiger partial charge is 0.322 e. The number of carbonyl (C=O) groups excluding carboxylic acids is 1. The molecule has 1 N–H and O–H groups in total. The highest BCUT2D eigenvalue weighted by Gasteiger charge is 2.06. The summed E-state index contributed by atoms with van der Waals surface area (Å²) in [4.78, 5) is 21.9. The van der Waals surface area contributed by atoms with Gasteiger partial charge in [0, 0.05) is 23.9 Å². The number of rotatable bonds is 4. The van der Waals surface area contributed by atoms with E-state index in [2.05, 4.69) is 5.32 Å². The van der Waals surface area contributed by atoms with Crippen LogP contribution in [0.4, 0.5) is 11.4 Å². The molecule has 0 saturated heterocycles. The molecular formula is C16H14N2O3. The van der Waals surface area contributed by atoms with Crippen molar-refractivity contribution in [1.29, 1.82) is 0 Å². The van der Waals surface area contributed by atoms with Gasteiger partial charge in [0.15, 0.2) is 0 Å². The van der Waals surface area contributed by atoms with Crippen LogP contribution < -0.4 is 5.32 Å². The van der Waals surface area contributed by atoms with Crippen LogP contribution in [0.2, 0.25) is 0 Å². The van der Waals surface area contributed by atoms with E-state index < -0.39 is 4.92 Å². The van der Waals surface area contributed by atoms with Crippen molar-refractivity contribution in [2.75, 3.05) is 5.32 Å². The van der Waals surface area contributed by atoms with Gasteiger partial charge in [0.25, 0.3) is 5.69 Å². The van der Waals surface area contributed by atoms with Crippen molar-refractivity contribution in [3.8, 4) is 0 Å². The number of nitrogens with zero attached hydrogens (tertiary/aromatic N) is 1. The van der Waals surface area contributed by atoms with Crippen LogP contribution >= 0.6 is 0 Å². The molecule has 0 saturated carbocycles. The minimum absolute atomic E-state index is 0.0599. The fourth-order valence-corrected chi connectivity index (χ4v) is 1.73. The molecule has 106 valence electrons. The Morgan fingerprint density at radius 1 is 1.19 bits per heavy atom. The number of nitro benzene ring substituents is 1. The Morgan fingerprint density at radius 3 is 2.57 bits per heavy atom. The Morgan fingerprint density at radius 2 is 1.90 bits per heavy atom. The van der Waals surface area contributed by atoms with Gasteiger partial charge in [-0.2, -0.15) is 0 Å². The lowest BCUT2D eigenvalue weighted by Crippen LogP contribution is -2.07. The Bertz CT molecular complexity index is 691. The number of non-ortho nitro benzene ring substituents is 1. The van der Waals surface area contributed by atoms with Gasteiger partial charge < -0.3 is 5.32 Å². The summed E-state index contributed by atoms with van der Waals surface area (Å²) in [5.41, 5.74) is 2.39. The maximum atomic E-state index is 11.8. The topological polar surface area (TPSA) is 72.2 Å². The molecule has 0 bridgehead atoms. The van der Waals surface area contributed by atoms with E-state index in [9.17, 15) is 14.9 Å². The lowest BCUT2D eigenvalue weighted by Gasteiger charge is -2.01. The third-order valence-corrected chi connectivity index (χ3v) is 2.83. The van der Waals surface area contributed by atoms with E-state index in [-0.39, 0.29) is 11.6 Å². The molecule has 1 amide bonds. The van der Waals surface area contributed by atoms with Crippen molar-refractivity contribution in [3.05, 3.63) is 75.8 Å². The van der Waals surface area contributed by atoms with Crippen LogP contribution in [-0.4, -0.2) is 10.8 Å². The molecule has 21 heavy (non-hydrogen) atoms. The number of amides is 1. The fourth-order valence-electron chi connectivity index (χ4n) is 1.73. The normalized spacial score (nSPS) is 10.5. The minimum atomic E-state index is -0.502. The Kier molecular flexibility index (Phi) is 4.46. The number of nitrogens with one attached hydrogen (secondary N) is 1. The van der Waals surface area contributed by atoms with E-state index in [0.29, 0.717) is 5.69 Å². The second-order valence-corrected chi connectivity index (χ2v) is 4.54. The highest BCUT2D eigenvalue weighted by Crippen LogP contribution is 2.17. The zero-order valence-electron chi connectivity index (χ0n) is 11.4. The molecule has 5 heteroatoms. The van der Waals surface area contributed by atoms with Crippen molar-refractivity contribution in [2.45, 2.75) is 6.92 Å². The monoisotopic (exact) mass is 282 g/mol. The van der Waals surface area contributed by atoms with Gasteiger partial charge in [0.1, 0.15) is 0 Å². The summed E-state index contributed by atoms with van der Waals surface area (Å²) in [6.07, 6.45) is 3.08. The summed E-state index contributed by atoms with van der Waals surface area (Å²) >= 11 is 0. The zero-order chi connectivity index (χ0) is 15.2. The minimum Gasteiger partial charge on any atom is -0.322 e. The third-order valence-electron chi connectivity index (χ3n) is 2.83. The molecule has 0 aromatic heterocycles. The molecule has 2 aromatic carbocycles. The maximum absolute atomic E-state index is 11.8. The van der Waals surface area contributed by atoms with Crippen molar-refractivity contribution >= 4 is 23.4 Å². The smallest absolute Gasteiger partial charge is 0.271 e. The summed E-state index contributed by atoms with van der Waals surface area (Å²) in [5, 5.41) is 13.2. The first-order valence-corrected chi connectivity index (χ1v) is 6.35. The summed E-state index contributed by atoms with van der Waals surface area (Å²) in [6, 6.07) is 13.5. The van der Waals surface area contributed by atoms with E-state index in [1.165, 1.54) is 24.3 Å². The van der Waals surface area contributed by atoms with Gasteiger partial charge in [-0.15, -0.1) is 0 Å². The van der Waals surface area contributed by atoms with Crippen molar-refractivity contribution in [1.82, 2.24) is 0 Å². The van der Waals surface area contributed by atoms with Gasteiger partial charge >= 0.3 is 0 Å². The van der Waals surface area contributed by atoms with E-state index in [4.69, 9.17) is 0 Å². The highest BCUT2D eigenvalue weighted by atomic mass is 16.6. The van der Waals surface area contributed by atoms with E-state index in [1.807, 2.05) is 31.2 Å². The van der Waals surface area contributed by atoms with Gasteiger partial charge in [-0.05, 0) is 24.6 Å². The lowest BCUT2D eigenvalue weighted by atomic mass is 10.1. The molecule has 0 spiro atoms. The number of benzene rings is 2. The van der Waals surface area contributed by atoms with Crippen LogP contribution in [0.5, 0.6) is 0 Å². The molecule has 5 nitrogen and oxygen atoms in total. The highest BCUT2D eigenvalue weighted by molar-refractivity contribution is 6.02. The van der Waals surface area contributed by atoms with E-state index in [0.717, 1.165) is 11.1 Å². The van der Waals surface area contributed by atoms with Gasteiger partial charge in [0.05, 0.1) is 4.92 Å². The average Bonchev–Trinajstić information content (AvgIpc) is 2.47. The first-order chi connectivity index (χ1) is 10.0. The fraction of sp³-hybridized carbons (Fsp3) is 0.0625. The van der Waals surface area contributed by atoms with Crippen LogP contribution in [0.3, 0.4) is 0 Å². The number of hydrogen-bond acceptors (Lipinski definition) is 3. The average molecular weight is 282 g/mol. The molecule has 0 radical (unpaired) electrons. The Balaban J connectivity index is 2.03. The molecule has 2 rings (SSSR count). The standard InChI is InChI=1S/C16H14N2O3/c1-12-5-7-13(8-6-12)9-10-16(19)17-14-3-2-4-15(11-14)18(20)21/h2-11H,1H3,(H,17,19)/b10-9+. The molecular weight excluding hydrogens is 268 g/mol. The van der Waals surface area contributed by atoms with Gasteiger partial charge in [-0.1, -0.05) is 35.9 Å². The molecule has 0 aliphatic carbocycles. The van der Waals surface area contributed by atoms with Gasteiger partial charge in [-0.3, -0.25) is 14.9 Å². The first-order valence-electron chi connectivity index (χ1n) is 6.35. The lowest BCUT2D eigenvalue weighted by molar-refractivity contribution is -0.384. The summed E-state index contributed by atoms with van der Waals surface area (Å²) < 4.78 is 0. The van der Waals surface area contributed by atoms with Gasteiger partial charge in [-0.25, -0.2) is 0 Å². The molecule has 0 unspecified atom stereocenters. The first kappa shape index (κ1) is 14.5. The predicted molar refractivity (Wildman–Crippen MR) is 81.9 cm³/mol. The van der Waals surface area contributed by atoms with Crippen LogP contribution in [0, 0.1) is 17.0 Å². The number of anilines is 1. The van der Waals surface area contributed by atoms with Crippen LogP contribution in [0.15, 0.2) is 54.6 Å². The molecule has 0 fully saturated rings. The number of hydrogen-bond donors (Lipinski definition) is 1. The van der Waals surface area contributed by atoms with Crippen LogP contribution in [-0.2, 0) is 4.79 Å². The quantitative estimate of drug-likeness (QED) is 0.529. The molecule has 2 aromatic rings. The molecule has 0 atom stereocenters. The third kappa shape index (κ3) is 4.28. The molecule has 0 heterocycles. The predicted octanol–water partition coefficient (Wildman–Crippen LogP) is 3.56. The second-order valence-electron chi connectivity index (χ2n) is 4.54. The van der Waals surface area contributed by atoms with Gasteiger partial charge in [0.2, 0.25) is 5.91 Å². The van der Waals surface area contributed by atoms with Crippen molar-refractivity contribution in [2.24, 2.45) is 0 Å².